The number of nitrogens with zero attached hydrogens (tertiary/aromatic N) is 3. The summed E-state index contributed by atoms with van der Waals surface area (Å²) >= 11 is 6.11. The smallest absolute Gasteiger partial charge is 0.255 e. The van der Waals surface area contributed by atoms with E-state index in [0.29, 0.717) is 16.3 Å². The van der Waals surface area contributed by atoms with Crippen LogP contribution in [0.5, 0.6) is 0 Å². The van der Waals surface area contributed by atoms with Gasteiger partial charge in [0.25, 0.3) is 5.91 Å². The summed E-state index contributed by atoms with van der Waals surface area (Å²) in [6.45, 7) is 1.85. The van der Waals surface area contributed by atoms with Gasteiger partial charge in [-0.1, -0.05) is 22.9 Å². The van der Waals surface area contributed by atoms with Gasteiger partial charge in [-0.2, -0.15) is 0 Å². The highest BCUT2D eigenvalue weighted by Gasteiger charge is 2.12. The van der Waals surface area contributed by atoms with Crippen LogP contribution < -0.4 is 5.32 Å². The van der Waals surface area contributed by atoms with Crippen LogP contribution in [0.3, 0.4) is 0 Å². The van der Waals surface area contributed by atoms with Crippen LogP contribution in [0.15, 0.2) is 72.9 Å². The van der Waals surface area contributed by atoms with E-state index in [-0.39, 0.29) is 11.7 Å². The fourth-order valence-corrected chi connectivity index (χ4v) is 3.11. The Morgan fingerprint density at radius 2 is 1.76 bits per heavy atom. The molecular weight excluding hydrogens is 391 g/mol. The second-order valence-electron chi connectivity index (χ2n) is 6.45. The van der Waals surface area contributed by atoms with Gasteiger partial charge in [0.2, 0.25) is 0 Å². The van der Waals surface area contributed by atoms with Gasteiger partial charge in [-0.3, -0.25) is 4.79 Å². The number of carbonyl (C=O) groups excluding carboxylic acids is 1. The van der Waals surface area contributed by atoms with Crippen LogP contribution in [0, 0.1) is 12.7 Å². The summed E-state index contributed by atoms with van der Waals surface area (Å²) in [6, 6.07) is 18.4. The number of rotatable bonds is 4. The minimum atomic E-state index is -0.307. The molecule has 0 aliphatic heterocycles. The van der Waals surface area contributed by atoms with E-state index in [9.17, 15) is 9.18 Å². The van der Waals surface area contributed by atoms with Crippen molar-refractivity contribution in [3.05, 3.63) is 94.9 Å². The van der Waals surface area contributed by atoms with Crippen LogP contribution in [0.25, 0.3) is 16.9 Å². The largest absolute Gasteiger partial charge is 0.322 e. The quantitative estimate of drug-likeness (QED) is 0.501. The average molecular weight is 407 g/mol. The first-order chi connectivity index (χ1) is 14.0. The maximum Gasteiger partial charge on any atom is 0.255 e. The van der Waals surface area contributed by atoms with Gasteiger partial charge in [-0.25, -0.2) is 9.07 Å². The van der Waals surface area contributed by atoms with Gasteiger partial charge in [0.05, 0.1) is 17.6 Å². The van der Waals surface area contributed by atoms with Crippen LogP contribution in [0.1, 0.15) is 15.9 Å². The highest BCUT2D eigenvalue weighted by atomic mass is 35.5. The first-order valence-electron chi connectivity index (χ1n) is 8.86. The van der Waals surface area contributed by atoms with Gasteiger partial charge in [-0.15, -0.1) is 5.10 Å². The molecule has 0 saturated carbocycles. The lowest BCUT2D eigenvalue weighted by atomic mass is 10.1. The molecule has 1 heterocycles. The Morgan fingerprint density at radius 1 is 1.03 bits per heavy atom. The van der Waals surface area contributed by atoms with Crippen LogP contribution in [-0.4, -0.2) is 20.9 Å². The van der Waals surface area contributed by atoms with Crippen LogP contribution >= 0.6 is 11.6 Å². The van der Waals surface area contributed by atoms with Crippen molar-refractivity contribution in [2.75, 3.05) is 5.32 Å². The second kappa shape index (κ2) is 7.85. The maximum absolute atomic E-state index is 13.2. The molecule has 4 aromatic rings. The fourth-order valence-electron chi connectivity index (χ4n) is 2.93. The number of carbonyl (C=O) groups is 1. The molecule has 0 unspecified atom stereocenters. The first-order valence-corrected chi connectivity index (χ1v) is 9.24. The van der Waals surface area contributed by atoms with Gasteiger partial charge in [-0.05, 0) is 73.2 Å². The molecule has 0 fully saturated rings. The molecule has 0 atom stereocenters. The Morgan fingerprint density at radius 3 is 2.48 bits per heavy atom. The van der Waals surface area contributed by atoms with Crippen LogP contribution in [0.2, 0.25) is 5.02 Å². The summed E-state index contributed by atoms with van der Waals surface area (Å²) in [4.78, 5) is 12.6. The molecular formula is C22H16ClFN4O. The third-order valence-corrected chi connectivity index (χ3v) is 4.99. The molecule has 1 aromatic heterocycles. The molecule has 7 heteroatoms. The van der Waals surface area contributed by atoms with Gasteiger partial charge < -0.3 is 5.32 Å². The number of hydrogen-bond donors (Lipinski definition) is 1. The molecule has 144 valence electrons. The molecule has 29 heavy (non-hydrogen) atoms. The number of anilines is 1. The summed E-state index contributed by atoms with van der Waals surface area (Å²) in [5, 5.41) is 11.5. The Hall–Kier alpha value is -3.51. The molecule has 5 nitrogen and oxygen atoms in total. The molecule has 0 spiro atoms. The summed E-state index contributed by atoms with van der Waals surface area (Å²) in [5.74, 6) is -0.544. The third kappa shape index (κ3) is 3.88. The molecule has 0 aliphatic rings. The van der Waals surface area contributed by atoms with Crippen molar-refractivity contribution in [3.63, 3.8) is 0 Å². The Labute approximate surface area is 171 Å². The minimum Gasteiger partial charge on any atom is -0.322 e. The fraction of sp³-hybridized carbons (Fsp3) is 0.0455. The normalized spacial score (nSPS) is 10.7. The van der Waals surface area contributed by atoms with Gasteiger partial charge in [0, 0.05) is 21.8 Å². The predicted octanol–water partition coefficient (Wildman–Crippen LogP) is 5.29. The molecule has 1 amide bonds. The molecule has 0 bridgehead atoms. The van der Waals surface area contributed by atoms with Gasteiger partial charge >= 0.3 is 0 Å². The Kier molecular flexibility index (Phi) is 5.10. The second-order valence-corrected chi connectivity index (χ2v) is 6.86. The molecule has 0 aliphatic carbocycles. The lowest BCUT2D eigenvalue weighted by Crippen LogP contribution is -2.13. The van der Waals surface area contributed by atoms with Crippen LogP contribution in [-0.2, 0) is 0 Å². The highest BCUT2D eigenvalue weighted by Crippen LogP contribution is 2.24. The number of aromatic nitrogens is 3. The summed E-state index contributed by atoms with van der Waals surface area (Å²) in [6.07, 6.45) is 1.61. The zero-order chi connectivity index (χ0) is 20.4. The van der Waals surface area contributed by atoms with Gasteiger partial charge in [0.15, 0.2) is 0 Å². The van der Waals surface area contributed by atoms with Crippen molar-refractivity contribution in [3.8, 4) is 16.9 Å². The first kappa shape index (κ1) is 18.8. The summed E-state index contributed by atoms with van der Waals surface area (Å²) in [7, 11) is 0. The number of amides is 1. The van der Waals surface area contributed by atoms with Crippen molar-refractivity contribution in [2.24, 2.45) is 0 Å². The lowest BCUT2D eigenvalue weighted by Gasteiger charge is -2.10. The average Bonchev–Trinajstić information content (AvgIpc) is 3.22. The number of nitrogens with one attached hydrogen (secondary N) is 1. The molecule has 4 rings (SSSR count). The Balaban J connectivity index is 1.57. The van der Waals surface area contributed by atoms with Crippen LogP contribution in [0.4, 0.5) is 10.1 Å². The predicted molar refractivity (Wildman–Crippen MR) is 111 cm³/mol. The van der Waals surface area contributed by atoms with Crippen molar-refractivity contribution in [1.82, 2.24) is 15.0 Å². The third-order valence-electron chi connectivity index (χ3n) is 4.58. The monoisotopic (exact) mass is 406 g/mol. The summed E-state index contributed by atoms with van der Waals surface area (Å²) in [5.41, 5.74) is 4.22. The van der Waals surface area contributed by atoms with E-state index in [0.717, 1.165) is 22.5 Å². The maximum atomic E-state index is 13.2. The Bertz CT molecular complexity index is 1170. The van der Waals surface area contributed by atoms with Crippen molar-refractivity contribution in [1.29, 1.82) is 0 Å². The van der Waals surface area contributed by atoms with Gasteiger partial charge in [0.1, 0.15) is 5.82 Å². The van der Waals surface area contributed by atoms with Crippen molar-refractivity contribution >= 4 is 23.2 Å². The van der Waals surface area contributed by atoms with E-state index in [2.05, 4.69) is 15.6 Å². The van der Waals surface area contributed by atoms with E-state index in [1.54, 1.807) is 65.5 Å². The number of hydrogen-bond acceptors (Lipinski definition) is 3. The number of benzene rings is 3. The molecule has 1 N–H and O–H groups in total. The standard InChI is InChI=1S/C22H16ClFN4O/c1-14-19(23)3-2-4-20(14)26-22(29)16-7-11-18(12-8-16)28-21(13-25-27-28)15-5-9-17(24)10-6-15/h2-13H,1H3,(H,26,29). The topological polar surface area (TPSA) is 59.8 Å². The SMILES string of the molecule is Cc1c(Cl)cccc1NC(=O)c1ccc(-n2nncc2-c2ccc(F)cc2)cc1. The van der Waals surface area contributed by atoms with E-state index in [4.69, 9.17) is 11.6 Å². The van der Waals surface area contributed by atoms with E-state index < -0.39 is 0 Å². The molecule has 0 radical (unpaired) electrons. The number of halogens is 2. The van der Waals surface area contributed by atoms with Crippen molar-refractivity contribution in [2.45, 2.75) is 6.92 Å². The lowest BCUT2D eigenvalue weighted by molar-refractivity contribution is 0.102. The minimum absolute atomic E-state index is 0.237. The van der Waals surface area contributed by atoms with E-state index >= 15 is 0 Å². The highest BCUT2D eigenvalue weighted by molar-refractivity contribution is 6.31. The van der Waals surface area contributed by atoms with E-state index in [1.165, 1.54) is 12.1 Å². The zero-order valence-corrected chi connectivity index (χ0v) is 16.2. The molecule has 3 aromatic carbocycles. The summed E-state index contributed by atoms with van der Waals surface area (Å²) < 4.78 is 14.8. The zero-order valence-electron chi connectivity index (χ0n) is 15.4. The van der Waals surface area contributed by atoms with E-state index in [1.807, 2.05) is 6.92 Å². The van der Waals surface area contributed by atoms with Crippen molar-refractivity contribution < 1.29 is 9.18 Å². The molecule has 0 saturated heterocycles.